The van der Waals surface area contributed by atoms with Gasteiger partial charge in [-0.1, -0.05) is 12.0 Å². The maximum Gasteiger partial charge on any atom is 0.275 e. The normalized spacial score (nSPS) is 9.86. The Kier molecular flexibility index (Phi) is 4.69. The molecule has 0 aliphatic carbocycles. The summed E-state index contributed by atoms with van der Waals surface area (Å²) in [5, 5.41) is 7.00. The molecule has 0 saturated carbocycles. The Morgan fingerprint density at radius 3 is 3.00 bits per heavy atom. The molecule has 1 amide bonds. The van der Waals surface area contributed by atoms with E-state index >= 15 is 0 Å². The number of pyridine rings is 1. The number of aromatic nitrogens is 3. The van der Waals surface area contributed by atoms with Crippen molar-refractivity contribution < 1.29 is 4.79 Å². The standard InChI is InChI=1S/C15H17N5O/c1-3-20-13(10-11(2)19-20)15(21)18-14-8-4-6-12(17-14)7-5-9-16/h4,6,8,10H,3,9,16H2,1-2H3,(H,17,18,21). The largest absolute Gasteiger partial charge is 0.320 e. The zero-order valence-corrected chi connectivity index (χ0v) is 12.1. The summed E-state index contributed by atoms with van der Waals surface area (Å²) in [5.41, 5.74) is 7.21. The van der Waals surface area contributed by atoms with Crippen molar-refractivity contribution in [1.82, 2.24) is 14.8 Å². The lowest BCUT2D eigenvalue weighted by Gasteiger charge is -2.06. The molecule has 0 atom stereocenters. The first-order chi connectivity index (χ1) is 10.1. The summed E-state index contributed by atoms with van der Waals surface area (Å²) in [6, 6.07) is 7.01. The third-order valence-electron chi connectivity index (χ3n) is 2.74. The number of hydrogen-bond donors (Lipinski definition) is 2. The van der Waals surface area contributed by atoms with Crippen LogP contribution in [0.3, 0.4) is 0 Å². The number of nitrogens with zero attached hydrogens (tertiary/aromatic N) is 3. The summed E-state index contributed by atoms with van der Waals surface area (Å²) in [5.74, 6) is 5.76. The molecule has 2 aromatic heterocycles. The number of aryl methyl sites for hydroxylation is 2. The minimum absolute atomic E-state index is 0.242. The van der Waals surface area contributed by atoms with Crippen LogP contribution in [0.5, 0.6) is 0 Å². The van der Waals surface area contributed by atoms with Gasteiger partial charge in [0.25, 0.3) is 5.91 Å². The lowest BCUT2D eigenvalue weighted by molar-refractivity contribution is 0.101. The van der Waals surface area contributed by atoms with Gasteiger partial charge in [-0.25, -0.2) is 4.98 Å². The second-order valence-electron chi connectivity index (χ2n) is 4.35. The first-order valence-electron chi connectivity index (χ1n) is 6.66. The number of carbonyl (C=O) groups excluding carboxylic acids is 1. The van der Waals surface area contributed by atoms with E-state index in [1.807, 2.05) is 13.8 Å². The van der Waals surface area contributed by atoms with Crippen molar-refractivity contribution in [2.75, 3.05) is 11.9 Å². The first-order valence-corrected chi connectivity index (χ1v) is 6.66. The molecule has 2 aromatic rings. The number of nitrogens with two attached hydrogens (primary N) is 1. The molecule has 6 heteroatoms. The highest BCUT2D eigenvalue weighted by Crippen LogP contribution is 2.09. The van der Waals surface area contributed by atoms with E-state index in [2.05, 4.69) is 27.2 Å². The Balaban J connectivity index is 2.19. The van der Waals surface area contributed by atoms with Gasteiger partial charge in [0.2, 0.25) is 0 Å². The SMILES string of the molecule is CCn1nc(C)cc1C(=O)Nc1cccc(C#CCN)n1. The van der Waals surface area contributed by atoms with Crippen LogP contribution < -0.4 is 11.1 Å². The molecule has 0 bridgehead atoms. The van der Waals surface area contributed by atoms with E-state index in [9.17, 15) is 4.79 Å². The molecule has 3 N–H and O–H groups in total. The van der Waals surface area contributed by atoms with Crippen LogP contribution in [0, 0.1) is 18.8 Å². The molecule has 0 aromatic carbocycles. The van der Waals surface area contributed by atoms with Gasteiger partial charge in [-0.3, -0.25) is 9.48 Å². The maximum absolute atomic E-state index is 12.3. The lowest BCUT2D eigenvalue weighted by Crippen LogP contribution is -2.18. The summed E-state index contributed by atoms with van der Waals surface area (Å²) in [6.45, 7) is 4.69. The molecule has 0 radical (unpaired) electrons. The molecule has 6 nitrogen and oxygen atoms in total. The summed E-state index contributed by atoms with van der Waals surface area (Å²) >= 11 is 0. The first kappa shape index (κ1) is 14.8. The average molecular weight is 283 g/mol. The quantitative estimate of drug-likeness (QED) is 0.828. The molecule has 2 heterocycles. The highest BCUT2D eigenvalue weighted by Gasteiger charge is 2.13. The molecule has 2 rings (SSSR count). The fourth-order valence-electron chi connectivity index (χ4n) is 1.87. The summed E-state index contributed by atoms with van der Waals surface area (Å²) in [7, 11) is 0. The molecular formula is C15H17N5O. The summed E-state index contributed by atoms with van der Waals surface area (Å²) < 4.78 is 1.66. The van der Waals surface area contributed by atoms with E-state index in [4.69, 9.17) is 5.73 Å². The summed E-state index contributed by atoms with van der Waals surface area (Å²) in [4.78, 5) is 16.5. The van der Waals surface area contributed by atoms with E-state index in [1.165, 1.54) is 0 Å². The van der Waals surface area contributed by atoms with E-state index < -0.39 is 0 Å². The molecular weight excluding hydrogens is 266 g/mol. The number of hydrogen-bond acceptors (Lipinski definition) is 4. The van der Waals surface area contributed by atoms with Crippen molar-refractivity contribution in [2.45, 2.75) is 20.4 Å². The fourth-order valence-corrected chi connectivity index (χ4v) is 1.87. The van der Waals surface area contributed by atoms with Gasteiger partial charge in [-0.15, -0.1) is 0 Å². The minimum atomic E-state index is -0.242. The summed E-state index contributed by atoms with van der Waals surface area (Å²) in [6.07, 6.45) is 0. The van der Waals surface area contributed by atoms with Crippen LogP contribution in [0.25, 0.3) is 0 Å². The number of amides is 1. The minimum Gasteiger partial charge on any atom is -0.320 e. The number of anilines is 1. The molecule has 0 spiro atoms. The molecule has 0 saturated heterocycles. The van der Waals surface area contributed by atoms with Crippen LogP contribution in [-0.4, -0.2) is 27.2 Å². The Labute approximate surface area is 123 Å². The highest BCUT2D eigenvalue weighted by molar-refractivity contribution is 6.02. The van der Waals surface area contributed by atoms with Crippen molar-refractivity contribution >= 4 is 11.7 Å². The van der Waals surface area contributed by atoms with E-state index in [0.29, 0.717) is 23.8 Å². The van der Waals surface area contributed by atoms with Crippen LogP contribution in [0.4, 0.5) is 5.82 Å². The van der Waals surface area contributed by atoms with Crippen molar-refractivity contribution in [2.24, 2.45) is 5.73 Å². The van der Waals surface area contributed by atoms with Gasteiger partial charge in [0.15, 0.2) is 0 Å². The van der Waals surface area contributed by atoms with Gasteiger partial charge in [-0.2, -0.15) is 5.10 Å². The van der Waals surface area contributed by atoms with Crippen LogP contribution >= 0.6 is 0 Å². The third kappa shape index (κ3) is 3.68. The molecule has 0 aliphatic heterocycles. The smallest absolute Gasteiger partial charge is 0.275 e. The predicted molar refractivity (Wildman–Crippen MR) is 80.8 cm³/mol. The monoisotopic (exact) mass is 283 g/mol. The van der Waals surface area contributed by atoms with Crippen LogP contribution in [-0.2, 0) is 6.54 Å². The van der Waals surface area contributed by atoms with Gasteiger partial charge in [0.05, 0.1) is 12.2 Å². The topological polar surface area (TPSA) is 85.8 Å². The Hall–Kier alpha value is -2.65. The van der Waals surface area contributed by atoms with Gasteiger partial charge in [0, 0.05) is 6.54 Å². The second-order valence-corrected chi connectivity index (χ2v) is 4.35. The third-order valence-corrected chi connectivity index (χ3v) is 2.74. The van der Waals surface area contributed by atoms with Crippen LogP contribution in [0.1, 0.15) is 28.8 Å². The Bertz CT molecular complexity index is 708. The van der Waals surface area contributed by atoms with Crippen molar-refractivity contribution in [1.29, 1.82) is 0 Å². The van der Waals surface area contributed by atoms with Gasteiger partial charge in [0.1, 0.15) is 17.2 Å². The fraction of sp³-hybridized carbons (Fsp3) is 0.267. The average Bonchev–Trinajstić information content (AvgIpc) is 2.87. The lowest BCUT2D eigenvalue weighted by atomic mass is 10.3. The van der Waals surface area contributed by atoms with Crippen LogP contribution in [0.15, 0.2) is 24.3 Å². The van der Waals surface area contributed by atoms with Crippen molar-refractivity contribution in [3.8, 4) is 11.8 Å². The molecule has 0 aliphatic rings. The van der Waals surface area contributed by atoms with Crippen molar-refractivity contribution in [3.05, 3.63) is 41.3 Å². The highest BCUT2D eigenvalue weighted by atomic mass is 16.2. The molecule has 0 fully saturated rings. The Morgan fingerprint density at radius 1 is 1.48 bits per heavy atom. The van der Waals surface area contributed by atoms with Gasteiger partial charge < -0.3 is 11.1 Å². The van der Waals surface area contributed by atoms with E-state index in [1.54, 1.807) is 28.9 Å². The molecule has 21 heavy (non-hydrogen) atoms. The van der Waals surface area contributed by atoms with Crippen LogP contribution in [0.2, 0.25) is 0 Å². The zero-order valence-electron chi connectivity index (χ0n) is 12.1. The number of rotatable bonds is 3. The molecule has 108 valence electrons. The van der Waals surface area contributed by atoms with E-state index in [0.717, 1.165) is 5.69 Å². The Morgan fingerprint density at radius 2 is 2.29 bits per heavy atom. The van der Waals surface area contributed by atoms with Gasteiger partial charge >= 0.3 is 0 Å². The van der Waals surface area contributed by atoms with Crippen molar-refractivity contribution in [3.63, 3.8) is 0 Å². The van der Waals surface area contributed by atoms with Gasteiger partial charge in [-0.05, 0) is 38.0 Å². The van der Waals surface area contributed by atoms with E-state index in [-0.39, 0.29) is 12.5 Å². The second kappa shape index (κ2) is 6.68. The molecule has 0 unspecified atom stereocenters. The zero-order chi connectivity index (χ0) is 15.2. The number of carbonyl (C=O) groups is 1. The maximum atomic E-state index is 12.3. The predicted octanol–water partition coefficient (Wildman–Crippen LogP) is 1.17. The number of nitrogens with one attached hydrogen (secondary N) is 1.